The minimum atomic E-state index is -4.46. The van der Waals surface area contributed by atoms with Crippen molar-refractivity contribution in [3.05, 3.63) is 72.9 Å². The van der Waals surface area contributed by atoms with Crippen LogP contribution in [-0.2, 0) is 27.9 Å². The van der Waals surface area contributed by atoms with Crippen LogP contribution in [0.2, 0.25) is 0 Å². The Bertz CT molecular complexity index is 1650. The summed E-state index contributed by atoms with van der Waals surface area (Å²) in [5.74, 6) is -0.517. The lowest BCUT2D eigenvalue weighted by Crippen LogP contribution is -2.47. The summed E-state index contributed by atoms with van der Waals surface area (Å²) in [6.07, 6.45) is 82.1. The van der Waals surface area contributed by atoms with E-state index in [1.807, 2.05) is 33.3 Å². The first-order valence-corrected chi connectivity index (χ1v) is 36.8. The Morgan fingerprint density at radius 3 is 1.16 bits per heavy atom. The van der Waals surface area contributed by atoms with Gasteiger partial charge >= 0.3 is 13.8 Å². The Morgan fingerprint density at radius 2 is 0.771 bits per heavy atom. The molecule has 0 saturated heterocycles. The van der Waals surface area contributed by atoms with Crippen molar-refractivity contribution in [2.24, 2.45) is 0 Å². The smallest absolute Gasteiger partial charge is 0.456 e. The summed E-state index contributed by atoms with van der Waals surface area (Å²) in [5.41, 5.74) is 0. The average molecular weight is 1180 g/mol. The first-order valence-electron chi connectivity index (χ1n) is 35.3. The summed E-state index contributed by atoms with van der Waals surface area (Å²) in [7, 11) is 1.49. The van der Waals surface area contributed by atoms with Gasteiger partial charge in [-0.3, -0.25) is 18.6 Å². The summed E-state index contributed by atoms with van der Waals surface area (Å²) in [6.45, 7) is 6.92. The summed E-state index contributed by atoms with van der Waals surface area (Å²) < 4.78 is 30.8. The number of carbonyl (C=O) groups is 2. The number of hydrogen-bond donors (Lipinski definition) is 2. The molecular formula is C73H136N2O7P+. The van der Waals surface area contributed by atoms with E-state index in [-0.39, 0.29) is 31.5 Å². The fourth-order valence-corrected chi connectivity index (χ4v) is 11.0. The highest BCUT2D eigenvalue weighted by Crippen LogP contribution is 2.43. The van der Waals surface area contributed by atoms with Crippen molar-refractivity contribution in [2.45, 2.75) is 341 Å². The molecule has 0 aliphatic carbocycles. The number of esters is 1. The molecule has 0 radical (unpaired) electrons. The third-order valence-corrected chi connectivity index (χ3v) is 16.6. The lowest BCUT2D eigenvalue weighted by atomic mass is 10.0. The van der Waals surface area contributed by atoms with Gasteiger partial charge in [0.2, 0.25) is 5.91 Å². The minimum Gasteiger partial charge on any atom is -0.456 e. The molecule has 0 aromatic carbocycles. The van der Waals surface area contributed by atoms with Gasteiger partial charge in [-0.25, -0.2) is 4.57 Å². The molecule has 0 aliphatic heterocycles. The highest BCUT2D eigenvalue weighted by atomic mass is 31.2. The Morgan fingerprint density at radius 1 is 0.434 bits per heavy atom. The van der Waals surface area contributed by atoms with E-state index in [0.717, 1.165) is 109 Å². The van der Waals surface area contributed by atoms with Crippen LogP contribution in [0.4, 0.5) is 0 Å². The van der Waals surface area contributed by atoms with E-state index in [1.54, 1.807) is 0 Å². The molecule has 83 heavy (non-hydrogen) atoms. The molecule has 0 rings (SSSR count). The molecule has 0 aromatic rings. The molecule has 0 spiro atoms. The number of nitrogens with zero attached hydrogens (tertiary/aromatic N) is 1. The van der Waals surface area contributed by atoms with Gasteiger partial charge in [0.1, 0.15) is 19.3 Å². The number of allylic oxidation sites excluding steroid dienone is 11. The minimum absolute atomic E-state index is 0.0350. The molecule has 0 heterocycles. The SMILES string of the molecule is CC/C=C\C/C=C\C/C=C\C/C=C\C/C=C\CCCCCCCC(=O)NC(COP(=O)(O)OCC[N+](C)(C)C)C(/C=C/CCCCCCCCCCC)OC(=O)CCCCCCCCCCCCCCCCCCCCCCCCCCC. The molecule has 3 unspecified atom stereocenters. The van der Waals surface area contributed by atoms with Crippen LogP contribution in [0.15, 0.2) is 72.9 Å². The number of unbranched alkanes of at least 4 members (excludes halogenated alkanes) is 38. The number of quaternary nitrogens is 1. The van der Waals surface area contributed by atoms with E-state index >= 15 is 0 Å². The van der Waals surface area contributed by atoms with E-state index in [4.69, 9.17) is 13.8 Å². The van der Waals surface area contributed by atoms with Crippen molar-refractivity contribution in [1.82, 2.24) is 5.32 Å². The summed E-state index contributed by atoms with van der Waals surface area (Å²) >= 11 is 0. The molecule has 2 N–H and O–H groups in total. The molecule has 0 bridgehead atoms. The molecule has 0 saturated carbocycles. The van der Waals surface area contributed by atoms with E-state index in [2.05, 4.69) is 86.8 Å². The van der Waals surface area contributed by atoms with Crippen molar-refractivity contribution in [3.63, 3.8) is 0 Å². The Hall–Kier alpha value is -2.55. The van der Waals surface area contributed by atoms with Crippen LogP contribution in [0.3, 0.4) is 0 Å². The molecule has 0 fully saturated rings. The summed E-state index contributed by atoms with van der Waals surface area (Å²) in [5, 5.41) is 3.06. The molecule has 0 aromatic heterocycles. The van der Waals surface area contributed by atoms with Crippen molar-refractivity contribution in [2.75, 3.05) is 40.9 Å². The number of phosphoric acid groups is 1. The number of hydrogen-bond acceptors (Lipinski definition) is 6. The van der Waals surface area contributed by atoms with Gasteiger partial charge in [-0.05, 0) is 76.7 Å². The standard InChI is InChI=1S/C73H135N2O7P/c1-7-10-13-16-19-22-25-27-29-31-33-35-36-37-38-40-42-44-46-48-51-54-57-60-63-66-73(77)82-71(64-61-58-55-52-49-24-21-18-15-12-9-3)70(69-81-83(78,79)80-68-67-75(4,5)6)74-72(76)65-62-59-56-53-50-47-45-43-41-39-34-32-30-28-26-23-20-17-14-11-8-2/h11,14,20,23,28,30,34,39,43,45,61,64,70-71H,7-10,12-13,15-19,21-22,24-27,29,31-33,35-38,40-42,44,46-60,62-63,65-69H2,1-6H3,(H-,74,76,78,79)/p+1/b14-11-,23-20-,30-28-,39-34-,45-43-,64-61+. The van der Waals surface area contributed by atoms with E-state index < -0.39 is 20.0 Å². The highest BCUT2D eigenvalue weighted by molar-refractivity contribution is 7.47. The predicted octanol–water partition coefficient (Wildman–Crippen LogP) is 22.3. The maximum atomic E-state index is 13.6. The van der Waals surface area contributed by atoms with Crippen molar-refractivity contribution >= 4 is 19.7 Å². The average Bonchev–Trinajstić information content (AvgIpc) is 3.51. The molecule has 1 amide bonds. The number of carbonyl (C=O) groups excluding carboxylic acids is 2. The van der Waals surface area contributed by atoms with Gasteiger partial charge in [0, 0.05) is 12.8 Å². The van der Waals surface area contributed by atoms with Gasteiger partial charge in [0.05, 0.1) is 33.8 Å². The van der Waals surface area contributed by atoms with Gasteiger partial charge in [-0.15, -0.1) is 0 Å². The van der Waals surface area contributed by atoms with Crippen molar-refractivity contribution < 1.29 is 37.3 Å². The lowest BCUT2D eigenvalue weighted by molar-refractivity contribution is -0.870. The maximum absolute atomic E-state index is 13.6. The van der Waals surface area contributed by atoms with Crippen LogP contribution in [0.5, 0.6) is 0 Å². The van der Waals surface area contributed by atoms with E-state index in [9.17, 15) is 19.0 Å². The zero-order chi connectivity index (χ0) is 60.7. The molecule has 484 valence electrons. The number of ether oxygens (including phenoxy) is 1. The first kappa shape index (κ1) is 80.5. The van der Waals surface area contributed by atoms with Gasteiger partial charge < -0.3 is 19.4 Å². The van der Waals surface area contributed by atoms with Crippen LogP contribution in [0, 0.1) is 0 Å². The highest BCUT2D eigenvalue weighted by Gasteiger charge is 2.30. The van der Waals surface area contributed by atoms with Crippen LogP contribution in [0.1, 0.15) is 329 Å². The summed E-state index contributed by atoms with van der Waals surface area (Å²) in [6, 6.07) is -0.860. The number of nitrogens with one attached hydrogen (secondary N) is 1. The van der Waals surface area contributed by atoms with E-state index in [1.165, 1.54) is 186 Å². The first-order chi connectivity index (χ1) is 40.4. The third-order valence-electron chi connectivity index (χ3n) is 15.7. The fourth-order valence-electron chi connectivity index (χ4n) is 10.3. The second-order valence-corrected chi connectivity index (χ2v) is 26.5. The topological polar surface area (TPSA) is 111 Å². The lowest BCUT2D eigenvalue weighted by Gasteiger charge is -2.27. The number of likely N-dealkylation sites (N-methyl/N-ethyl adjacent to an activating group) is 1. The van der Waals surface area contributed by atoms with Crippen LogP contribution < -0.4 is 5.32 Å². The monoisotopic (exact) mass is 1180 g/mol. The number of phosphoric ester groups is 1. The van der Waals surface area contributed by atoms with Crippen molar-refractivity contribution in [3.8, 4) is 0 Å². The zero-order valence-electron chi connectivity index (χ0n) is 55.4. The van der Waals surface area contributed by atoms with Crippen molar-refractivity contribution in [1.29, 1.82) is 0 Å². The molecule has 9 nitrogen and oxygen atoms in total. The second-order valence-electron chi connectivity index (χ2n) is 25.0. The quantitative estimate of drug-likeness (QED) is 0.0205. The predicted molar refractivity (Wildman–Crippen MR) is 360 cm³/mol. The third kappa shape index (κ3) is 63.8. The van der Waals surface area contributed by atoms with E-state index in [0.29, 0.717) is 17.4 Å². The zero-order valence-corrected chi connectivity index (χ0v) is 56.3. The van der Waals surface area contributed by atoms with Gasteiger partial charge in [0.15, 0.2) is 0 Å². The normalized spacial score (nSPS) is 14.0. The number of amides is 1. The molecular weight excluding hydrogens is 1050 g/mol. The van der Waals surface area contributed by atoms with Gasteiger partial charge in [0.25, 0.3) is 0 Å². The number of rotatable bonds is 64. The fraction of sp³-hybridized carbons (Fsp3) is 0.808. The molecule has 0 aliphatic rings. The Labute approximate surface area is 514 Å². The Balaban J connectivity index is 5.04. The second kappa shape index (κ2) is 62.5. The Kier molecular flexibility index (Phi) is 60.6. The largest absolute Gasteiger partial charge is 0.472 e. The van der Waals surface area contributed by atoms with Crippen LogP contribution >= 0.6 is 7.82 Å². The summed E-state index contributed by atoms with van der Waals surface area (Å²) in [4.78, 5) is 37.8. The van der Waals surface area contributed by atoms with Gasteiger partial charge in [-0.2, -0.15) is 0 Å². The van der Waals surface area contributed by atoms with Crippen LogP contribution in [0.25, 0.3) is 0 Å². The van der Waals surface area contributed by atoms with Crippen LogP contribution in [-0.4, -0.2) is 74.3 Å². The maximum Gasteiger partial charge on any atom is 0.472 e. The molecule has 10 heteroatoms. The molecule has 3 atom stereocenters. The van der Waals surface area contributed by atoms with Gasteiger partial charge in [-0.1, -0.05) is 312 Å².